The molecule has 0 heterocycles. The van der Waals surface area contributed by atoms with Gasteiger partial charge < -0.3 is 14.2 Å². The average Bonchev–Trinajstić information content (AvgIpc) is 3.10. The fourth-order valence-corrected chi connectivity index (χ4v) is 6.82. The molecule has 1 rings (SSSR count). The molecule has 0 aliphatic carbocycles. The summed E-state index contributed by atoms with van der Waals surface area (Å²) in [4.78, 5) is 0. The van der Waals surface area contributed by atoms with Crippen LogP contribution in [0.25, 0.3) is 0 Å². The van der Waals surface area contributed by atoms with Gasteiger partial charge in [-0.25, -0.2) is 0 Å². The molecule has 0 aliphatic rings. The van der Waals surface area contributed by atoms with E-state index >= 15 is 0 Å². The van der Waals surface area contributed by atoms with Crippen LogP contribution in [0.3, 0.4) is 0 Å². The monoisotopic (exact) mass is 686 g/mol. The topological polar surface area (TPSA) is 27.7 Å². The lowest BCUT2D eigenvalue weighted by atomic mass is 10.1. The van der Waals surface area contributed by atoms with Crippen LogP contribution in [0.5, 0.6) is 17.2 Å². The third-order valence-electron chi connectivity index (χ3n) is 10.1. The molecule has 0 saturated carbocycles. The molecule has 49 heavy (non-hydrogen) atoms. The second-order valence-electron chi connectivity index (χ2n) is 15.1. The first-order chi connectivity index (χ1) is 24.2. The van der Waals surface area contributed by atoms with Crippen LogP contribution >= 0.6 is 0 Å². The van der Waals surface area contributed by atoms with Crippen molar-refractivity contribution in [3.63, 3.8) is 0 Å². The lowest BCUT2D eigenvalue weighted by Crippen LogP contribution is -2.06. The largest absolute Gasteiger partial charge is 0.490 e. The van der Waals surface area contributed by atoms with E-state index in [1.165, 1.54) is 193 Å². The summed E-state index contributed by atoms with van der Waals surface area (Å²) >= 11 is 0. The normalized spacial score (nSPS) is 11.3. The van der Waals surface area contributed by atoms with Crippen LogP contribution in [-0.4, -0.2) is 19.8 Å². The van der Waals surface area contributed by atoms with E-state index in [1.54, 1.807) is 0 Å². The van der Waals surface area contributed by atoms with Crippen LogP contribution in [0.4, 0.5) is 0 Å². The Morgan fingerprint density at radius 1 is 0.327 bits per heavy atom. The molecule has 1 aromatic rings. The van der Waals surface area contributed by atoms with Gasteiger partial charge in [-0.3, -0.25) is 0 Å². The zero-order valence-corrected chi connectivity index (χ0v) is 33.5. The summed E-state index contributed by atoms with van der Waals surface area (Å²) in [7, 11) is 0. The maximum atomic E-state index is 6.44. The Kier molecular flexibility index (Phi) is 33.9. The van der Waals surface area contributed by atoms with E-state index in [-0.39, 0.29) is 0 Å². The minimum Gasteiger partial charge on any atom is -0.490 e. The van der Waals surface area contributed by atoms with Gasteiger partial charge in [0.15, 0.2) is 11.5 Å². The number of ether oxygens (including phenoxy) is 3. The Hall–Kier alpha value is -1.38. The summed E-state index contributed by atoms with van der Waals surface area (Å²) in [6, 6.07) is 4.09. The van der Waals surface area contributed by atoms with E-state index in [9.17, 15) is 0 Å². The van der Waals surface area contributed by atoms with Crippen LogP contribution in [-0.2, 0) is 0 Å². The number of unbranched alkanes of at least 4 members (excludes halogenated alkanes) is 30. The van der Waals surface area contributed by atoms with Crippen LogP contribution in [0.1, 0.15) is 238 Å². The molecular formula is C46H85O3. The van der Waals surface area contributed by atoms with E-state index in [0.29, 0.717) is 0 Å². The minimum atomic E-state index is 0.719. The van der Waals surface area contributed by atoms with Gasteiger partial charge in [0, 0.05) is 0 Å². The van der Waals surface area contributed by atoms with Crippen LogP contribution in [0.15, 0.2) is 12.1 Å². The smallest absolute Gasteiger partial charge is 0.203 e. The molecule has 3 heteroatoms. The summed E-state index contributed by atoms with van der Waals surface area (Å²) in [5.74, 6) is 2.43. The van der Waals surface area contributed by atoms with Gasteiger partial charge in [-0.2, -0.15) is 0 Å². The molecule has 1 radical (unpaired) electrons. The van der Waals surface area contributed by atoms with Crippen molar-refractivity contribution in [2.45, 2.75) is 233 Å². The molecule has 287 valence electrons. The Labute approximate surface area is 307 Å². The van der Waals surface area contributed by atoms with Crippen molar-refractivity contribution in [1.29, 1.82) is 0 Å². The molecule has 0 atom stereocenters. The molecule has 0 saturated heterocycles. The third kappa shape index (κ3) is 29.0. The second kappa shape index (κ2) is 36.4. The fraction of sp³-hybridized carbons (Fsp3) is 0.848. The summed E-state index contributed by atoms with van der Waals surface area (Å²) in [6.07, 6.45) is 44.2. The summed E-state index contributed by atoms with van der Waals surface area (Å²) in [6.45, 7) is 13.3. The third-order valence-corrected chi connectivity index (χ3v) is 10.1. The zero-order chi connectivity index (χ0) is 35.3. The zero-order valence-electron chi connectivity index (χ0n) is 33.5. The minimum absolute atomic E-state index is 0.719. The number of benzene rings is 1. The highest BCUT2D eigenvalue weighted by atomic mass is 16.5. The van der Waals surface area contributed by atoms with Crippen molar-refractivity contribution in [3.8, 4) is 17.2 Å². The molecule has 1 aromatic carbocycles. The van der Waals surface area contributed by atoms with E-state index in [0.717, 1.165) is 61.9 Å². The first-order valence-corrected chi connectivity index (χ1v) is 22.1. The Morgan fingerprint density at radius 3 is 0.816 bits per heavy atom. The first-order valence-electron chi connectivity index (χ1n) is 22.1. The van der Waals surface area contributed by atoms with Crippen molar-refractivity contribution in [2.75, 3.05) is 19.8 Å². The van der Waals surface area contributed by atoms with E-state index in [4.69, 9.17) is 14.2 Å². The number of hydrogen-bond donors (Lipinski definition) is 0. The van der Waals surface area contributed by atoms with Crippen molar-refractivity contribution >= 4 is 0 Å². The van der Waals surface area contributed by atoms with Crippen molar-refractivity contribution in [1.82, 2.24) is 0 Å². The molecular weight excluding hydrogens is 601 g/mol. The summed E-state index contributed by atoms with van der Waals surface area (Å²) < 4.78 is 19.2. The van der Waals surface area contributed by atoms with Gasteiger partial charge in [-0.15, -0.1) is 0 Å². The standard InChI is InChI=1S/C46H85O3/c1-5-8-11-14-17-20-23-26-29-32-35-38-47-44-41-43(4)42-45(48-39-36-33-30-27-24-21-18-15-12-9-6-2)46(44)49-40-37-34-31-28-25-22-19-16-13-10-7-3/h41-42H,4-40H2,1-3H3. The maximum Gasteiger partial charge on any atom is 0.203 e. The molecule has 0 unspecified atom stereocenters. The highest BCUT2D eigenvalue weighted by Crippen LogP contribution is 2.39. The van der Waals surface area contributed by atoms with Crippen molar-refractivity contribution < 1.29 is 14.2 Å². The fourth-order valence-electron chi connectivity index (χ4n) is 6.82. The number of rotatable bonds is 39. The Bertz CT molecular complexity index is 757. The van der Waals surface area contributed by atoms with Gasteiger partial charge in [0.05, 0.1) is 19.8 Å². The Morgan fingerprint density at radius 2 is 0.551 bits per heavy atom. The molecule has 0 aliphatic heterocycles. The predicted octanol–water partition coefficient (Wildman–Crippen LogP) is 15.9. The lowest BCUT2D eigenvalue weighted by Gasteiger charge is -2.18. The Balaban J connectivity index is 2.44. The highest BCUT2D eigenvalue weighted by molar-refractivity contribution is 5.54. The van der Waals surface area contributed by atoms with Gasteiger partial charge in [-0.05, 0) is 43.9 Å². The quantitative estimate of drug-likeness (QED) is 0.0646. The van der Waals surface area contributed by atoms with Crippen molar-refractivity contribution in [2.24, 2.45) is 0 Å². The lowest BCUT2D eigenvalue weighted by molar-refractivity contribution is 0.234. The molecule has 0 N–H and O–H groups in total. The average molecular weight is 686 g/mol. The van der Waals surface area contributed by atoms with Crippen molar-refractivity contribution in [3.05, 3.63) is 24.6 Å². The van der Waals surface area contributed by atoms with E-state index in [1.807, 2.05) is 12.1 Å². The van der Waals surface area contributed by atoms with E-state index < -0.39 is 0 Å². The van der Waals surface area contributed by atoms with Gasteiger partial charge in [0.1, 0.15) is 0 Å². The SMILES string of the molecule is [CH2]c1cc(OCCCCCCCCCCCCC)c(OCCCCCCCCCCCCC)c(OCCCCCCCCCCCCC)c1. The highest BCUT2D eigenvalue weighted by Gasteiger charge is 2.15. The molecule has 3 nitrogen and oxygen atoms in total. The molecule has 0 spiro atoms. The van der Waals surface area contributed by atoms with Crippen LogP contribution < -0.4 is 14.2 Å². The van der Waals surface area contributed by atoms with Crippen LogP contribution in [0, 0.1) is 6.92 Å². The molecule has 0 amide bonds. The summed E-state index contributed by atoms with van der Waals surface area (Å²) in [5.41, 5.74) is 0.935. The van der Waals surface area contributed by atoms with Crippen LogP contribution in [0.2, 0.25) is 0 Å². The first kappa shape index (κ1) is 45.6. The molecule has 0 fully saturated rings. The van der Waals surface area contributed by atoms with Gasteiger partial charge >= 0.3 is 0 Å². The van der Waals surface area contributed by atoms with Gasteiger partial charge in [-0.1, -0.05) is 213 Å². The van der Waals surface area contributed by atoms with Gasteiger partial charge in [0.25, 0.3) is 0 Å². The molecule has 0 aromatic heterocycles. The van der Waals surface area contributed by atoms with E-state index in [2.05, 4.69) is 27.7 Å². The summed E-state index contributed by atoms with van der Waals surface area (Å²) in [5, 5.41) is 0. The number of hydrogen-bond acceptors (Lipinski definition) is 3. The van der Waals surface area contributed by atoms with Gasteiger partial charge in [0.2, 0.25) is 5.75 Å². The second-order valence-corrected chi connectivity index (χ2v) is 15.1. The maximum absolute atomic E-state index is 6.44. The molecule has 0 bridgehead atoms. The predicted molar refractivity (Wildman–Crippen MR) is 217 cm³/mol.